The highest BCUT2D eigenvalue weighted by Gasteiger charge is 1.75. The fourth-order valence-corrected chi connectivity index (χ4v) is 0.694. The van der Waals surface area contributed by atoms with Gasteiger partial charge in [-0.05, 0) is 19.4 Å². The van der Waals surface area contributed by atoms with Gasteiger partial charge in [-0.2, -0.15) is 0 Å². The van der Waals surface area contributed by atoms with Crippen LogP contribution in [0.1, 0.15) is 33.1 Å². The predicted octanol–water partition coefficient (Wildman–Crippen LogP) is 3.28. The van der Waals surface area contributed by atoms with Gasteiger partial charge in [0.1, 0.15) is 0 Å². The molecule has 0 aliphatic rings. The lowest BCUT2D eigenvalue weighted by Gasteiger charge is -1.89. The third-order valence-corrected chi connectivity index (χ3v) is 1.31. The van der Waals surface area contributed by atoms with Crippen molar-refractivity contribution in [2.24, 2.45) is 0 Å². The van der Waals surface area contributed by atoms with E-state index >= 15 is 0 Å². The van der Waals surface area contributed by atoms with Crippen LogP contribution in [0.25, 0.3) is 0 Å². The first-order valence-corrected chi connectivity index (χ1v) is 4.35. The van der Waals surface area contributed by atoms with Gasteiger partial charge in [0.2, 0.25) is 0 Å². The van der Waals surface area contributed by atoms with Gasteiger partial charge in [0, 0.05) is 0 Å². The highest BCUT2D eigenvalue weighted by atomic mass is 16.5. The lowest BCUT2D eigenvalue weighted by molar-refractivity contribution is 0.269. The SMILES string of the molecule is CCCCC=CC=COCC. The zero-order valence-electron chi connectivity index (χ0n) is 7.55. The third-order valence-electron chi connectivity index (χ3n) is 1.31. The zero-order valence-corrected chi connectivity index (χ0v) is 7.55. The van der Waals surface area contributed by atoms with E-state index in [1.165, 1.54) is 19.3 Å². The summed E-state index contributed by atoms with van der Waals surface area (Å²) in [5, 5.41) is 0. The van der Waals surface area contributed by atoms with Gasteiger partial charge >= 0.3 is 0 Å². The van der Waals surface area contributed by atoms with E-state index in [0.717, 1.165) is 6.61 Å². The summed E-state index contributed by atoms with van der Waals surface area (Å²) in [6, 6.07) is 0. The summed E-state index contributed by atoms with van der Waals surface area (Å²) in [6.45, 7) is 4.92. The molecule has 0 unspecified atom stereocenters. The van der Waals surface area contributed by atoms with Crippen LogP contribution in [0.5, 0.6) is 0 Å². The minimum atomic E-state index is 0.749. The molecule has 0 spiro atoms. The minimum Gasteiger partial charge on any atom is -0.501 e. The van der Waals surface area contributed by atoms with Gasteiger partial charge in [-0.1, -0.05) is 31.9 Å². The summed E-state index contributed by atoms with van der Waals surface area (Å²) in [7, 11) is 0. The fourth-order valence-electron chi connectivity index (χ4n) is 0.694. The Hall–Kier alpha value is -0.720. The minimum absolute atomic E-state index is 0.749. The molecule has 11 heavy (non-hydrogen) atoms. The summed E-state index contributed by atoms with van der Waals surface area (Å²) in [6.07, 6.45) is 11.6. The molecule has 0 saturated heterocycles. The second-order valence-corrected chi connectivity index (χ2v) is 2.35. The second kappa shape index (κ2) is 9.28. The maximum Gasteiger partial charge on any atom is 0.0845 e. The van der Waals surface area contributed by atoms with Gasteiger partial charge in [-0.25, -0.2) is 0 Å². The molecular formula is C10H18O. The van der Waals surface area contributed by atoms with Gasteiger partial charge in [0.05, 0.1) is 12.9 Å². The monoisotopic (exact) mass is 154 g/mol. The van der Waals surface area contributed by atoms with E-state index < -0.39 is 0 Å². The Morgan fingerprint density at radius 3 is 2.64 bits per heavy atom. The Kier molecular flexibility index (Phi) is 8.67. The van der Waals surface area contributed by atoms with E-state index in [1.54, 1.807) is 6.26 Å². The molecule has 0 aromatic rings. The lowest BCUT2D eigenvalue weighted by atomic mass is 10.2. The van der Waals surface area contributed by atoms with Crippen molar-refractivity contribution in [1.29, 1.82) is 0 Å². The molecule has 0 fully saturated rings. The second-order valence-electron chi connectivity index (χ2n) is 2.35. The first-order valence-electron chi connectivity index (χ1n) is 4.35. The summed E-state index contributed by atoms with van der Waals surface area (Å²) < 4.78 is 5.01. The van der Waals surface area contributed by atoms with Crippen molar-refractivity contribution < 1.29 is 4.74 Å². The molecule has 0 aliphatic carbocycles. The summed E-state index contributed by atoms with van der Waals surface area (Å²) in [4.78, 5) is 0. The van der Waals surface area contributed by atoms with E-state index in [4.69, 9.17) is 4.74 Å². The quantitative estimate of drug-likeness (QED) is 0.324. The van der Waals surface area contributed by atoms with Crippen molar-refractivity contribution in [2.45, 2.75) is 33.1 Å². The number of rotatable bonds is 6. The van der Waals surface area contributed by atoms with Gasteiger partial charge in [0.15, 0.2) is 0 Å². The molecule has 0 heterocycles. The Balaban J connectivity index is 3.14. The van der Waals surface area contributed by atoms with Gasteiger partial charge in [-0.3, -0.25) is 0 Å². The average molecular weight is 154 g/mol. The normalized spacial score (nSPS) is 11.5. The van der Waals surface area contributed by atoms with Crippen LogP contribution in [0.3, 0.4) is 0 Å². The van der Waals surface area contributed by atoms with Gasteiger partial charge in [0.25, 0.3) is 0 Å². The zero-order chi connectivity index (χ0) is 8.36. The van der Waals surface area contributed by atoms with Crippen LogP contribution in [-0.2, 0) is 4.74 Å². The van der Waals surface area contributed by atoms with Crippen LogP contribution in [0, 0.1) is 0 Å². The van der Waals surface area contributed by atoms with Crippen LogP contribution in [0.2, 0.25) is 0 Å². The van der Waals surface area contributed by atoms with Crippen molar-refractivity contribution in [3.63, 3.8) is 0 Å². The van der Waals surface area contributed by atoms with Gasteiger partial charge in [-0.15, -0.1) is 0 Å². The predicted molar refractivity (Wildman–Crippen MR) is 49.4 cm³/mol. The van der Waals surface area contributed by atoms with Crippen molar-refractivity contribution in [3.05, 3.63) is 24.5 Å². The van der Waals surface area contributed by atoms with Crippen LogP contribution >= 0.6 is 0 Å². The topological polar surface area (TPSA) is 9.23 Å². The van der Waals surface area contributed by atoms with Crippen molar-refractivity contribution in [2.75, 3.05) is 6.61 Å². The summed E-state index contributed by atoms with van der Waals surface area (Å²) in [5.41, 5.74) is 0. The maximum atomic E-state index is 5.01. The maximum absolute atomic E-state index is 5.01. The van der Waals surface area contributed by atoms with Crippen molar-refractivity contribution in [3.8, 4) is 0 Å². The number of hydrogen-bond acceptors (Lipinski definition) is 1. The third kappa shape index (κ3) is 9.28. The summed E-state index contributed by atoms with van der Waals surface area (Å²) >= 11 is 0. The van der Waals surface area contributed by atoms with Crippen LogP contribution in [0.15, 0.2) is 24.5 Å². The van der Waals surface area contributed by atoms with E-state index in [2.05, 4.69) is 13.0 Å². The highest BCUT2D eigenvalue weighted by molar-refractivity contribution is 4.99. The highest BCUT2D eigenvalue weighted by Crippen LogP contribution is 1.94. The summed E-state index contributed by atoms with van der Waals surface area (Å²) in [5.74, 6) is 0. The molecule has 0 aliphatic heterocycles. The Labute approximate surface area is 69.8 Å². The molecule has 1 nitrogen and oxygen atoms in total. The molecule has 0 rings (SSSR count). The van der Waals surface area contributed by atoms with Crippen molar-refractivity contribution in [1.82, 2.24) is 0 Å². The van der Waals surface area contributed by atoms with E-state index in [0.29, 0.717) is 0 Å². The van der Waals surface area contributed by atoms with Gasteiger partial charge < -0.3 is 4.74 Å². The smallest absolute Gasteiger partial charge is 0.0845 e. The molecule has 0 amide bonds. The average Bonchev–Trinajstić information content (AvgIpc) is 2.03. The molecule has 0 aromatic carbocycles. The fraction of sp³-hybridized carbons (Fsp3) is 0.600. The largest absolute Gasteiger partial charge is 0.501 e. The first kappa shape index (κ1) is 10.3. The molecule has 0 atom stereocenters. The van der Waals surface area contributed by atoms with E-state index in [1.807, 2.05) is 19.1 Å². The number of unbranched alkanes of at least 4 members (excludes halogenated alkanes) is 2. The van der Waals surface area contributed by atoms with E-state index in [9.17, 15) is 0 Å². The number of allylic oxidation sites excluding steroid dienone is 3. The van der Waals surface area contributed by atoms with E-state index in [-0.39, 0.29) is 0 Å². The Morgan fingerprint density at radius 1 is 1.18 bits per heavy atom. The molecule has 0 saturated carbocycles. The van der Waals surface area contributed by atoms with Crippen LogP contribution < -0.4 is 0 Å². The molecule has 0 bridgehead atoms. The Morgan fingerprint density at radius 2 is 2.00 bits per heavy atom. The van der Waals surface area contributed by atoms with Crippen molar-refractivity contribution >= 4 is 0 Å². The number of ether oxygens (including phenoxy) is 1. The van der Waals surface area contributed by atoms with Crippen LogP contribution in [-0.4, -0.2) is 6.61 Å². The molecular weight excluding hydrogens is 136 g/mol. The van der Waals surface area contributed by atoms with Crippen LogP contribution in [0.4, 0.5) is 0 Å². The molecule has 0 aromatic heterocycles. The number of hydrogen-bond donors (Lipinski definition) is 0. The standard InChI is InChI=1S/C10H18O/c1-3-5-6-7-8-9-10-11-4-2/h7-10H,3-6H2,1-2H3. The first-order chi connectivity index (χ1) is 5.41. The molecule has 64 valence electrons. The molecule has 0 N–H and O–H groups in total. The Bertz CT molecular complexity index is 114. The lowest BCUT2D eigenvalue weighted by Crippen LogP contribution is -1.74. The molecule has 0 radical (unpaired) electrons. The molecule has 1 heteroatoms.